The largest absolute Gasteiger partial charge is 0.364 e. The minimum absolute atomic E-state index is 0.0966. The van der Waals surface area contributed by atoms with Crippen molar-refractivity contribution < 1.29 is 4.92 Å². The number of anilines is 2. The number of rotatable bonds is 8. The van der Waals surface area contributed by atoms with Gasteiger partial charge in [0.25, 0.3) is 0 Å². The molecule has 1 aromatic rings. The lowest BCUT2D eigenvalue weighted by atomic mass is 10.3. The van der Waals surface area contributed by atoms with Crippen LogP contribution >= 0.6 is 0 Å². The maximum atomic E-state index is 11.2. The van der Waals surface area contributed by atoms with Crippen molar-refractivity contribution in [2.24, 2.45) is 0 Å². The van der Waals surface area contributed by atoms with E-state index in [9.17, 15) is 10.1 Å². The maximum absolute atomic E-state index is 11.2. The molecular weight excluding hydrogens is 272 g/mol. The molecule has 2 N–H and O–H groups in total. The summed E-state index contributed by atoms with van der Waals surface area (Å²) in [5, 5.41) is 17.2. The molecule has 1 heterocycles. The Morgan fingerprint density at radius 2 is 2.05 bits per heavy atom. The van der Waals surface area contributed by atoms with Crippen LogP contribution in [0.1, 0.15) is 26.7 Å². The Hall–Kier alpha value is -1.96. The van der Waals surface area contributed by atoms with Crippen molar-refractivity contribution in [2.45, 2.75) is 38.8 Å². The van der Waals surface area contributed by atoms with Crippen molar-refractivity contribution in [1.82, 2.24) is 14.9 Å². The molecule has 1 aliphatic carbocycles. The monoisotopic (exact) mass is 294 g/mol. The predicted molar refractivity (Wildman–Crippen MR) is 81.6 cm³/mol. The van der Waals surface area contributed by atoms with Crippen molar-refractivity contribution in [3.63, 3.8) is 0 Å². The fraction of sp³-hybridized carbons (Fsp3) is 0.692. The number of aromatic nitrogens is 2. The summed E-state index contributed by atoms with van der Waals surface area (Å²) in [6, 6.07) is 0.939. The Kier molecular flexibility index (Phi) is 4.89. The van der Waals surface area contributed by atoms with E-state index in [1.54, 1.807) is 0 Å². The Morgan fingerprint density at radius 1 is 1.43 bits per heavy atom. The Bertz CT molecular complexity index is 505. The molecule has 0 bridgehead atoms. The second kappa shape index (κ2) is 6.66. The van der Waals surface area contributed by atoms with E-state index in [4.69, 9.17) is 0 Å². The molecule has 1 saturated carbocycles. The first-order valence-electron chi connectivity index (χ1n) is 7.23. The predicted octanol–water partition coefficient (Wildman–Crippen LogP) is 1.71. The molecule has 116 valence electrons. The van der Waals surface area contributed by atoms with Gasteiger partial charge in [-0.3, -0.25) is 15.0 Å². The highest BCUT2D eigenvalue weighted by atomic mass is 16.6. The van der Waals surface area contributed by atoms with Gasteiger partial charge in [0.05, 0.1) is 4.92 Å². The van der Waals surface area contributed by atoms with Crippen LogP contribution in [0, 0.1) is 10.1 Å². The van der Waals surface area contributed by atoms with Crippen LogP contribution < -0.4 is 10.6 Å². The van der Waals surface area contributed by atoms with E-state index >= 15 is 0 Å². The normalized spacial score (nSPS) is 15.8. The van der Waals surface area contributed by atoms with Crippen LogP contribution in [-0.2, 0) is 0 Å². The third-order valence-corrected chi connectivity index (χ3v) is 3.73. The smallest absolute Gasteiger partial charge is 0.353 e. The molecule has 2 rings (SSSR count). The number of nitro groups is 1. The van der Waals surface area contributed by atoms with Crippen molar-refractivity contribution >= 4 is 17.3 Å². The summed E-state index contributed by atoms with van der Waals surface area (Å²) in [6.45, 7) is 5.14. The highest BCUT2D eigenvalue weighted by molar-refractivity contribution is 5.69. The van der Waals surface area contributed by atoms with Crippen LogP contribution in [0.15, 0.2) is 6.33 Å². The van der Waals surface area contributed by atoms with Gasteiger partial charge in [-0.2, -0.15) is 0 Å². The van der Waals surface area contributed by atoms with Crippen molar-refractivity contribution in [3.8, 4) is 0 Å². The van der Waals surface area contributed by atoms with Gasteiger partial charge in [0.1, 0.15) is 6.33 Å². The molecule has 0 saturated heterocycles. The summed E-state index contributed by atoms with van der Waals surface area (Å²) in [4.78, 5) is 21.0. The van der Waals surface area contributed by atoms with Gasteiger partial charge in [-0.05, 0) is 33.7 Å². The fourth-order valence-corrected chi connectivity index (χ4v) is 2.21. The van der Waals surface area contributed by atoms with E-state index in [2.05, 4.69) is 39.5 Å². The SMILES string of the molecule is CCNc1ncnc(NCC(C)N(C)C2CC2)c1[N+](=O)[O-]. The van der Waals surface area contributed by atoms with E-state index in [-0.39, 0.29) is 23.4 Å². The molecule has 8 heteroatoms. The summed E-state index contributed by atoms with van der Waals surface area (Å²) in [6.07, 6.45) is 3.81. The Labute approximate surface area is 124 Å². The van der Waals surface area contributed by atoms with E-state index in [0.29, 0.717) is 19.1 Å². The lowest BCUT2D eigenvalue weighted by Gasteiger charge is -2.24. The molecule has 8 nitrogen and oxygen atoms in total. The second-order valence-corrected chi connectivity index (χ2v) is 5.33. The molecule has 1 aromatic heterocycles. The van der Waals surface area contributed by atoms with Crippen LogP contribution in [0.4, 0.5) is 17.3 Å². The number of hydrogen-bond donors (Lipinski definition) is 2. The standard InChI is InChI=1S/C13H22N6O2/c1-4-14-12-11(19(20)21)13(17-8-16-12)15-7-9(2)18(3)10-5-6-10/h8-10H,4-7H2,1-3H3,(H2,14,15,16,17). The molecule has 0 aromatic carbocycles. The van der Waals surface area contributed by atoms with E-state index in [1.165, 1.54) is 19.2 Å². The zero-order valence-corrected chi connectivity index (χ0v) is 12.7. The van der Waals surface area contributed by atoms with Crippen LogP contribution in [0.25, 0.3) is 0 Å². The summed E-state index contributed by atoms with van der Waals surface area (Å²) in [7, 11) is 2.09. The molecule has 1 unspecified atom stereocenters. The topological polar surface area (TPSA) is 96.2 Å². The average molecular weight is 294 g/mol. The maximum Gasteiger partial charge on any atom is 0.353 e. The molecule has 0 aliphatic heterocycles. The van der Waals surface area contributed by atoms with Crippen LogP contribution in [0.3, 0.4) is 0 Å². The Balaban J connectivity index is 2.07. The minimum Gasteiger partial charge on any atom is -0.364 e. The van der Waals surface area contributed by atoms with Crippen LogP contribution in [0.5, 0.6) is 0 Å². The van der Waals surface area contributed by atoms with Crippen molar-refractivity contribution in [1.29, 1.82) is 0 Å². The summed E-state index contributed by atoms with van der Waals surface area (Å²) < 4.78 is 0. The van der Waals surface area contributed by atoms with E-state index in [0.717, 1.165) is 0 Å². The van der Waals surface area contributed by atoms with Crippen LogP contribution in [0.2, 0.25) is 0 Å². The molecular formula is C13H22N6O2. The number of nitrogens with zero attached hydrogens (tertiary/aromatic N) is 4. The van der Waals surface area contributed by atoms with Crippen molar-refractivity contribution in [2.75, 3.05) is 30.8 Å². The van der Waals surface area contributed by atoms with Gasteiger partial charge in [-0.1, -0.05) is 0 Å². The number of likely N-dealkylation sites (N-methyl/N-ethyl adjacent to an activating group) is 1. The molecule has 0 amide bonds. The highest BCUT2D eigenvalue weighted by Gasteiger charge is 2.29. The minimum atomic E-state index is -0.449. The first kappa shape index (κ1) is 15.4. The Morgan fingerprint density at radius 3 is 2.57 bits per heavy atom. The molecule has 1 atom stereocenters. The van der Waals surface area contributed by atoms with E-state index < -0.39 is 4.92 Å². The summed E-state index contributed by atoms with van der Waals surface area (Å²) >= 11 is 0. The number of nitrogens with one attached hydrogen (secondary N) is 2. The van der Waals surface area contributed by atoms with Crippen LogP contribution in [-0.4, -0.2) is 52.0 Å². The van der Waals surface area contributed by atoms with Gasteiger partial charge < -0.3 is 10.6 Å². The summed E-state index contributed by atoms with van der Waals surface area (Å²) in [5.74, 6) is 0.519. The van der Waals surface area contributed by atoms with Gasteiger partial charge in [0.15, 0.2) is 0 Å². The molecule has 1 aliphatic rings. The quantitative estimate of drug-likeness (QED) is 0.556. The lowest BCUT2D eigenvalue weighted by molar-refractivity contribution is -0.383. The zero-order valence-electron chi connectivity index (χ0n) is 12.7. The van der Waals surface area contributed by atoms with Gasteiger partial charge in [-0.15, -0.1) is 0 Å². The van der Waals surface area contributed by atoms with E-state index in [1.807, 2.05) is 6.92 Å². The van der Waals surface area contributed by atoms with Gasteiger partial charge in [0.2, 0.25) is 11.6 Å². The number of hydrogen-bond acceptors (Lipinski definition) is 7. The zero-order chi connectivity index (χ0) is 15.4. The molecule has 0 radical (unpaired) electrons. The highest BCUT2D eigenvalue weighted by Crippen LogP contribution is 2.30. The summed E-state index contributed by atoms with van der Waals surface area (Å²) in [5.41, 5.74) is -0.0966. The van der Waals surface area contributed by atoms with Gasteiger partial charge in [-0.25, -0.2) is 9.97 Å². The lowest BCUT2D eigenvalue weighted by Crippen LogP contribution is -2.36. The molecule has 0 spiro atoms. The fourth-order valence-electron chi connectivity index (χ4n) is 2.21. The average Bonchev–Trinajstić information content (AvgIpc) is 3.28. The van der Waals surface area contributed by atoms with Gasteiger partial charge in [0, 0.05) is 25.2 Å². The van der Waals surface area contributed by atoms with Crippen molar-refractivity contribution in [3.05, 3.63) is 16.4 Å². The first-order valence-corrected chi connectivity index (χ1v) is 7.23. The first-order chi connectivity index (χ1) is 10.0. The molecule has 1 fully saturated rings. The second-order valence-electron chi connectivity index (χ2n) is 5.33. The van der Waals surface area contributed by atoms with Gasteiger partial charge >= 0.3 is 5.69 Å². The third kappa shape index (κ3) is 3.78. The third-order valence-electron chi connectivity index (χ3n) is 3.73. The molecule has 21 heavy (non-hydrogen) atoms.